The van der Waals surface area contributed by atoms with Crippen molar-refractivity contribution in [2.75, 3.05) is 0 Å². The molecule has 5 heterocycles. The molecule has 1 radical (unpaired) electrons. The van der Waals surface area contributed by atoms with E-state index in [1.54, 1.807) is 24.3 Å². The average Bonchev–Trinajstić information content (AvgIpc) is 3.55. The second kappa shape index (κ2) is 9.52. The number of phenolic OH excluding ortho intramolecular Hbond substituents is 1. The predicted molar refractivity (Wildman–Crippen MR) is 127 cm³/mol. The van der Waals surface area contributed by atoms with Crippen LogP contribution in [0.1, 0.15) is 22.8 Å². The number of nitrogens with zero attached hydrogens (tertiary/aromatic N) is 2. The summed E-state index contributed by atoms with van der Waals surface area (Å²) < 4.78 is 0. The van der Waals surface area contributed by atoms with Crippen LogP contribution in [0.4, 0.5) is 0 Å². The molecule has 4 aromatic rings. The van der Waals surface area contributed by atoms with Crippen LogP contribution < -0.4 is 0 Å². The fourth-order valence-electron chi connectivity index (χ4n) is 3.37. The number of nitrogens with one attached hydrogen (secondary N) is 2. The third kappa shape index (κ3) is 5.24. The van der Waals surface area contributed by atoms with Crippen molar-refractivity contribution in [1.82, 2.24) is 19.9 Å². The maximum atomic E-state index is 8.63. The number of H-pyrrole nitrogens is 2. The molecular weight excluding hydrogens is 448 g/mol. The Kier molecular flexibility index (Phi) is 6.36. The van der Waals surface area contributed by atoms with Crippen LogP contribution >= 0.6 is 0 Å². The van der Waals surface area contributed by atoms with Crippen molar-refractivity contribution in [3.05, 3.63) is 102 Å². The molecule has 1 aromatic carbocycles. The number of aromatic nitrogens is 4. The molecule has 0 saturated carbocycles. The van der Waals surface area contributed by atoms with E-state index in [9.17, 15) is 0 Å². The van der Waals surface area contributed by atoms with Crippen LogP contribution in [0.25, 0.3) is 46.4 Å². The molecule has 0 aliphatic carbocycles. The summed E-state index contributed by atoms with van der Waals surface area (Å²) in [6.07, 6.45) is 8.05. The third-order valence-electron chi connectivity index (χ3n) is 4.80. The molecule has 3 aromatic heterocycles. The van der Waals surface area contributed by atoms with Gasteiger partial charge in [0.2, 0.25) is 0 Å². The number of aromatic amines is 2. The Morgan fingerprint density at radius 1 is 0.500 bits per heavy atom. The summed E-state index contributed by atoms with van der Waals surface area (Å²) in [5.41, 5.74) is 7.86. The third-order valence-corrected chi connectivity index (χ3v) is 4.80. The second-order valence-corrected chi connectivity index (χ2v) is 7.24. The van der Waals surface area contributed by atoms with Gasteiger partial charge in [-0.2, -0.15) is 0 Å². The van der Waals surface area contributed by atoms with E-state index < -0.39 is 0 Å². The topological polar surface area (TPSA) is 77.6 Å². The Bertz CT molecular complexity index is 1360. The van der Waals surface area contributed by atoms with E-state index in [1.807, 2.05) is 48.6 Å². The van der Waals surface area contributed by atoms with Gasteiger partial charge in [-0.3, -0.25) is 0 Å². The molecule has 2 aliphatic heterocycles. The fraction of sp³-hybridized carbons (Fsp3) is 0. The van der Waals surface area contributed by atoms with E-state index in [0.717, 1.165) is 44.8 Å². The molecule has 6 heteroatoms. The summed E-state index contributed by atoms with van der Waals surface area (Å²) in [5, 5.41) is 8.63. The Labute approximate surface area is 195 Å². The molecule has 2 aliphatic rings. The fourth-order valence-corrected chi connectivity index (χ4v) is 3.37. The van der Waals surface area contributed by atoms with Crippen LogP contribution in [0.3, 0.4) is 0 Å². The summed E-state index contributed by atoms with van der Waals surface area (Å²) in [4.78, 5) is 16.0. The van der Waals surface area contributed by atoms with E-state index >= 15 is 0 Å². The molecule has 0 amide bonds. The maximum absolute atomic E-state index is 8.63. The Morgan fingerprint density at radius 2 is 0.906 bits per heavy atom. The van der Waals surface area contributed by atoms with Gasteiger partial charge in [-0.25, -0.2) is 9.97 Å². The summed E-state index contributed by atoms with van der Waals surface area (Å²) in [6, 6.07) is 25.1. The number of fused-ring (bicyclic) bond motifs is 8. The van der Waals surface area contributed by atoms with Crippen LogP contribution in [0.5, 0.6) is 5.75 Å². The van der Waals surface area contributed by atoms with Crippen molar-refractivity contribution < 1.29 is 22.2 Å². The smallest absolute Gasteiger partial charge is 0.115 e. The van der Waals surface area contributed by atoms with Gasteiger partial charge in [-0.15, -0.1) is 0 Å². The molecule has 6 rings (SSSR count). The largest absolute Gasteiger partial charge is 0.508 e. The molecule has 3 N–H and O–H groups in total. The minimum atomic E-state index is 0. The Morgan fingerprint density at radius 3 is 1.31 bits per heavy atom. The molecule has 0 spiro atoms. The zero-order chi connectivity index (χ0) is 21.0. The van der Waals surface area contributed by atoms with Gasteiger partial charge in [0.15, 0.2) is 0 Å². The van der Waals surface area contributed by atoms with Gasteiger partial charge in [-0.05, 0) is 85.0 Å². The molecule has 0 saturated heterocycles. The minimum absolute atomic E-state index is 0. The molecular formula is C26H20CuN4O. The number of rotatable bonds is 0. The second-order valence-electron chi connectivity index (χ2n) is 7.24. The Hall–Kier alpha value is -3.86. The van der Waals surface area contributed by atoms with Crippen LogP contribution in [0.2, 0.25) is 0 Å². The number of aromatic hydroxyl groups is 1. The van der Waals surface area contributed by atoms with Crippen molar-refractivity contribution in [1.29, 1.82) is 0 Å². The van der Waals surface area contributed by atoms with Crippen molar-refractivity contribution in [2.45, 2.75) is 0 Å². The summed E-state index contributed by atoms with van der Waals surface area (Å²) >= 11 is 0. The first-order chi connectivity index (χ1) is 15.2. The number of hydrogen-bond acceptors (Lipinski definition) is 3. The summed E-state index contributed by atoms with van der Waals surface area (Å²) in [6.45, 7) is 0. The first-order valence-electron chi connectivity index (χ1n) is 9.98. The monoisotopic (exact) mass is 467 g/mol. The van der Waals surface area contributed by atoms with Gasteiger partial charge in [0, 0.05) is 39.1 Å². The average molecular weight is 468 g/mol. The first kappa shape index (κ1) is 21.4. The maximum Gasteiger partial charge on any atom is 0.115 e. The van der Waals surface area contributed by atoms with E-state index in [-0.39, 0.29) is 17.1 Å². The Balaban J connectivity index is 0.000000265. The molecule has 0 atom stereocenters. The van der Waals surface area contributed by atoms with Gasteiger partial charge < -0.3 is 15.1 Å². The van der Waals surface area contributed by atoms with Crippen LogP contribution in [0.15, 0.2) is 78.9 Å². The van der Waals surface area contributed by atoms with Gasteiger partial charge in [-0.1, -0.05) is 18.2 Å². The summed E-state index contributed by atoms with van der Waals surface area (Å²) in [5.74, 6) is 0.322. The molecule has 5 nitrogen and oxygen atoms in total. The first-order valence-corrected chi connectivity index (χ1v) is 9.98. The van der Waals surface area contributed by atoms with E-state index in [4.69, 9.17) is 5.11 Å². The number of para-hydroxylation sites is 1. The number of hydrogen-bond donors (Lipinski definition) is 3. The standard InChI is InChI=1S/C20H14N4.C6H6O.Cu/c1-2-14-10-16-5-6-18(23-16)12-20-8-7-19(24-20)11-17-4-3-15(22-17)9-13(1)21-14;7-6-4-2-1-3-5-6;/h1-12,21-22H;1-5,7H;. The zero-order valence-electron chi connectivity index (χ0n) is 17.0. The van der Waals surface area contributed by atoms with Crippen LogP contribution in [-0.4, -0.2) is 25.0 Å². The van der Waals surface area contributed by atoms with E-state index in [0.29, 0.717) is 5.75 Å². The van der Waals surface area contributed by atoms with Crippen molar-refractivity contribution in [2.24, 2.45) is 0 Å². The van der Waals surface area contributed by atoms with Crippen molar-refractivity contribution in [3.8, 4) is 5.75 Å². The van der Waals surface area contributed by atoms with Gasteiger partial charge >= 0.3 is 0 Å². The van der Waals surface area contributed by atoms with Crippen LogP contribution in [-0.2, 0) is 17.1 Å². The van der Waals surface area contributed by atoms with E-state index in [1.165, 1.54) is 0 Å². The molecule has 32 heavy (non-hydrogen) atoms. The van der Waals surface area contributed by atoms with Crippen molar-refractivity contribution >= 4 is 46.4 Å². The molecule has 0 fully saturated rings. The predicted octanol–water partition coefficient (Wildman–Crippen LogP) is 6.05. The van der Waals surface area contributed by atoms with E-state index in [2.05, 4.69) is 50.3 Å². The number of phenols is 1. The van der Waals surface area contributed by atoms with Gasteiger partial charge in [0.25, 0.3) is 0 Å². The van der Waals surface area contributed by atoms with Crippen LogP contribution in [0, 0.1) is 0 Å². The molecule has 0 unspecified atom stereocenters. The zero-order valence-corrected chi connectivity index (χ0v) is 17.9. The minimum Gasteiger partial charge on any atom is -0.508 e. The molecule has 161 valence electrons. The SMILES string of the molecule is C1=Cc2cc3ccc(cc4ccc(cc5nc(cc1n2)C=C5)[nH]4)[nH]3.Oc1ccccc1.[Cu]. The molecule has 8 bridgehead atoms. The quantitative estimate of drug-likeness (QED) is 0.238. The van der Waals surface area contributed by atoms with Crippen molar-refractivity contribution in [3.63, 3.8) is 0 Å². The van der Waals surface area contributed by atoms with Gasteiger partial charge in [0.05, 0.1) is 22.8 Å². The van der Waals surface area contributed by atoms with Gasteiger partial charge in [0.1, 0.15) is 5.75 Å². The normalized spacial score (nSPS) is 11.4. The number of benzene rings is 1. The summed E-state index contributed by atoms with van der Waals surface area (Å²) in [7, 11) is 0.